The number of carboxylic acids is 1. The van der Waals surface area contributed by atoms with Gasteiger partial charge in [0.1, 0.15) is 5.76 Å². The Kier molecular flexibility index (Phi) is 6.13. The molecule has 0 saturated heterocycles. The Bertz CT molecular complexity index is 282. The molecule has 0 aliphatic heterocycles. The number of likely N-dealkylation sites (N-methyl/N-ethyl adjacent to an activating group) is 1. The lowest BCUT2D eigenvalue weighted by atomic mass is 10.2. The molecule has 0 radical (unpaired) electrons. The van der Waals surface area contributed by atoms with Crippen LogP contribution in [0.2, 0.25) is 0 Å². The summed E-state index contributed by atoms with van der Waals surface area (Å²) in [7, 11) is 0. The van der Waals surface area contributed by atoms with Crippen LogP contribution in [0.25, 0.3) is 0 Å². The third kappa shape index (κ3) is 5.70. The highest BCUT2D eigenvalue weighted by atomic mass is 16.4. The molecule has 4 heteroatoms. The van der Waals surface area contributed by atoms with Gasteiger partial charge in [-0.1, -0.05) is 32.2 Å². The Morgan fingerprint density at radius 1 is 1.40 bits per heavy atom. The molecule has 0 aromatic rings. The predicted molar refractivity (Wildman–Crippen MR) is 59.8 cm³/mol. The summed E-state index contributed by atoms with van der Waals surface area (Å²) in [5.74, 6) is -0.947. The lowest BCUT2D eigenvalue weighted by molar-refractivity contribution is -0.138. The SMILES string of the molecule is C=C/C=C(/CN(CC)CC(=O)O)C(=C)O. The second kappa shape index (κ2) is 6.84. The lowest BCUT2D eigenvalue weighted by Crippen LogP contribution is -2.31. The fraction of sp³-hybridized carbons (Fsp3) is 0.364. The third-order valence-corrected chi connectivity index (χ3v) is 1.89. The molecule has 0 aromatic heterocycles. The molecule has 0 rings (SSSR count). The van der Waals surface area contributed by atoms with Crippen LogP contribution in [-0.2, 0) is 4.79 Å². The Morgan fingerprint density at radius 3 is 2.33 bits per heavy atom. The average Bonchev–Trinajstić information content (AvgIpc) is 2.14. The van der Waals surface area contributed by atoms with Crippen molar-refractivity contribution in [2.75, 3.05) is 19.6 Å². The molecular formula is C11H17NO3. The van der Waals surface area contributed by atoms with E-state index >= 15 is 0 Å². The van der Waals surface area contributed by atoms with E-state index in [0.29, 0.717) is 18.7 Å². The summed E-state index contributed by atoms with van der Waals surface area (Å²) >= 11 is 0. The van der Waals surface area contributed by atoms with Crippen molar-refractivity contribution in [3.05, 3.63) is 36.6 Å². The molecule has 2 N–H and O–H groups in total. The highest BCUT2D eigenvalue weighted by Crippen LogP contribution is 2.07. The summed E-state index contributed by atoms with van der Waals surface area (Å²) in [4.78, 5) is 12.2. The van der Waals surface area contributed by atoms with Gasteiger partial charge in [-0.25, -0.2) is 0 Å². The number of aliphatic hydroxyl groups is 1. The molecular weight excluding hydrogens is 194 g/mol. The van der Waals surface area contributed by atoms with E-state index in [9.17, 15) is 9.90 Å². The maximum atomic E-state index is 10.5. The molecule has 0 aliphatic carbocycles. The molecule has 84 valence electrons. The molecule has 15 heavy (non-hydrogen) atoms. The van der Waals surface area contributed by atoms with E-state index in [4.69, 9.17) is 5.11 Å². The zero-order valence-corrected chi connectivity index (χ0v) is 8.94. The summed E-state index contributed by atoms with van der Waals surface area (Å²) in [5.41, 5.74) is 0.577. The van der Waals surface area contributed by atoms with E-state index in [0.717, 1.165) is 0 Å². The van der Waals surface area contributed by atoms with Crippen molar-refractivity contribution in [3.63, 3.8) is 0 Å². The fourth-order valence-corrected chi connectivity index (χ4v) is 1.09. The van der Waals surface area contributed by atoms with Gasteiger partial charge in [-0.3, -0.25) is 9.69 Å². The number of hydrogen-bond donors (Lipinski definition) is 2. The summed E-state index contributed by atoms with van der Waals surface area (Å²) in [6.07, 6.45) is 3.15. The van der Waals surface area contributed by atoms with Gasteiger partial charge in [0.05, 0.1) is 6.54 Å². The normalized spacial score (nSPS) is 11.5. The first kappa shape index (κ1) is 13.4. The van der Waals surface area contributed by atoms with Crippen LogP contribution < -0.4 is 0 Å². The second-order valence-corrected chi connectivity index (χ2v) is 3.07. The van der Waals surface area contributed by atoms with Gasteiger partial charge in [0, 0.05) is 12.1 Å². The number of carbonyl (C=O) groups is 1. The van der Waals surface area contributed by atoms with Crippen LogP contribution in [0.5, 0.6) is 0 Å². The molecule has 4 nitrogen and oxygen atoms in total. The zero-order chi connectivity index (χ0) is 11.8. The van der Waals surface area contributed by atoms with E-state index in [1.54, 1.807) is 11.0 Å². The minimum Gasteiger partial charge on any atom is -0.508 e. The molecule has 0 heterocycles. The number of hydrogen-bond acceptors (Lipinski definition) is 3. The van der Waals surface area contributed by atoms with E-state index in [2.05, 4.69) is 13.2 Å². The van der Waals surface area contributed by atoms with Crippen molar-refractivity contribution in [3.8, 4) is 0 Å². The second-order valence-electron chi connectivity index (χ2n) is 3.07. The van der Waals surface area contributed by atoms with E-state index in [-0.39, 0.29) is 12.3 Å². The van der Waals surface area contributed by atoms with Crippen molar-refractivity contribution in [1.82, 2.24) is 4.90 Å². The van der Waals surface area contributed by atoms with Crippen LogP contribution in [0, 0.1) is 0 Å². The maximum absolute atomic E-state index is 10.5. The van der Waals surface area contributed by atoms with Crippen LogP contribution in [0.15, 0.2) is 36.6 Å². The molecule has 0 aromatic carbocycles. The quantitative estimate of drug-likeness (QED) is 0.495. The number of carboxylic acid groups (broad SMARTS) is 1. The van der Waals surface area contributed by atoms with Crippen LogP contribution in [0.1, 0.15) is 6.92 Å². The minimum atomic E-state index is -0.890. The smallest absolute Gasteiger partial charge is 0.317 e. The van der Waals surface area contributed by atoms with Gasteiger partial charge in [-0.2, -0.15) is 0 Å². The number of allylic oxidation sites excluding steroid dienone is 2. The van der Waals surface area contributed by atoms with E-state index < -0.39 is 5.97 Å². The first-order valence-electron chi connectivity index (χ1n) is 4.65. The van der Waals surface area contributed by atoms with Crippen LogP contribution in [-0.4, -0.2) is 40.7 Å². The molecule has 0 aliphatic rings. The zero-order valence-electron chi connectivity index (χ0n) is 8.94. The Balaban J connectivity index is 4.48. The third-order valence-electron chi connectivity index (χ3n) is 1.89. The van der Waals surface area contributed by atoms with Crippen molar-refractivity contribution >= 4 is 5.97 Å². The van der Waals surface area contributed by atoms with Gasteiger partial charge in [-0.15, -0.1) is 0 Å². The van der Waals surface area contributed by atoms with E-state index in [1.807, 2.05) is 6.92 Å². The van der Waals surface area contributed by atoms with Crippen molar-refractivity contribution in [2.45, 2.75) is 6.92 Å². The maximum Gasteiger partial charge on any atom is 0.317 e. The summed E-state index contributed by atoms with van der Waals surface area (Å²) in [6.45, 7) is 9.66. The number of aliphatic carboxylic acids is 1. The van der Waals surface area contributed by atoms with Crippen molar-refractivity contribution < 1.29 is 15.0 Å². The first-order valence-corrected chi connectivity index (χ1v) is 4.65. The van der Waals surface area contributed by atoms with E-state index in [1.165, 1.54) is 6.08 Å². The lowest BCUT2D eigenvalue weighted by Gasteiger charge is -2.19. The van der Waals surface area contributed by atoms with Crippen molar-refractivity contribution in [2.24, 2.45) is 0 Å². The fourth-order valence-electron chi connectivity index (χ4n) is 1.09. The van der Waals surface area contributed by atoms with Crippen LogP contribution >= 0.6 is 0 Å². The molecule has 0 bridgehead atoms. The summed E-state index contributed by atoms with van der Waals surface area (Å²) in [5, 5.41) is 17.9. The minimum absolute atomic E-state index is 0.0567. The molecule has 0 amide bonds. The van der Waals surface area contributed by atoms with Gasteiger partial charge in [-0.05, 0) is 6.54 Å². The van der Waals surface area contributed by atoms with Gasteiger partial charge >= 0.3 is 5.97 Å². The molecule has 0 unspecified atom stereocenters. The summed E-state index contributed by atoms with van der Waals surface area (Å²) < 4.78 is 0. The standard InChI is InChI=1S/C11H17NO3/c1-4-6-10(9(3)13)7-12(5-2)8-11(14)15/h4,6,13H,1,3,5,7-8H2,2H3,(H,14,15)/b10-6-. The average molecular weight is 211 g/mol. The van der Waals surface area contributed by atoms with Gasteiger partial charge in [0.2, 0.25) is 0 Å². The first-order chi connectivity index (χ1) is 7.01. The topological polar surface area (TPSA) is 60.8 Å². The molecule has 0 spiro atoms. The molecule has 0 saturated carbocycles. The Morgan fingerprint density at radius 2 is 2.00 bits per heavy atom. The predicted octanol–water partition coefficient (Wildman–Crippen LogP) is 1.58. The monoisotopic (exact) mass is 211 g/mol. The highest BCUT2D eigenvalue weighted by Gasteiger charge is 2.10. The van der Waals surface area contributed by atoms with Crippen LogP contribution in [0.4, 0.5) is 0 Å². The molecule has 0 atom stereocenters. The Hall–Kier alpha value is -1.55. The van der Waals surface area contributed by atoms with Gasteiger partial charge in [0.15, 0.2) is 0 Å². The Labute approximate surface area is 89.8 Å². The van der Waals surface area contributed by atoms with Crippen LogP contribution in [0.3, 0.4) is 0 Å². The largest absolute Gasteiger partial charge is 0.508 e. The number of nitrogens with zero attached hydrogens (tertiary/aromatic N) is 1. The van der Waals surface area contributed by atoms with Gasteiger partial charge < -0.3 is 10.2 Å². The van der Waals surface area contributed by atoms with Crippen molar-refractivity contribution in [1.29, 1.82) is 0 Å². The molecule has 0 fully saturated rings. The number of rotatable bonds is 7. The highest BCUT2D eigenvalue weighted by molar-refractivity contribution is 5.69. The van der Waals surface area contributed by atoms with Gasteiger partial charge in [0.25, 0.3) is 0 Å². The summed E-state index contributed by atoms with van der Waals surface area (Å²) in [6, 6.07) is 0. The number of aliphatic hydroxyl groups excluding tert-OH is 1.